The number of rotatable bonds is 3. The average Bonchev–Trinajstić information content (AvgIpc) is 2.91. The summed E-state index contributed by atoms with van der Waals surface area (Å²) in [5, 5.41) is 3.59. The van der Waals surface area contributed by atoms with Crippen LogP contribution in [0.2, 0.25) is 0 Å². The van der Waals surface area contributed by atoms with Crippen molar-refractivity contribution in [3.63, 3.8) is 0 Å². The Bertz CT molecular complexity index is 579. The van der Waals surface area contributed by atoms with Crippen molar-refractivity contribution < 1.29 is 4.39 Å². The standard InChI is InChI=1S/C18H20FN/c1-13-11-15(7-8-17(13)19)16-9-10-20-18(16)12-14-5-3-2-4-6-14/h2-8,11,16,18,20H,9-10,12H2,1H3. The van der Waals surface area contributed by atoms with E-state index in [1.165, 1.54) is 11.1 Å². The molecule has 1 fully saturated rings. The normalized spacial score (nSPS) is 22.1. The van der Waals surface area contributed by atoms with Gasteiger partial charge in [-0.05, 0) is 49.1 Å². The molecule has 0 aliphatic carbocycles. The maximum atomic E-state index is 13.4. The van der Waals surface area contributed by atoms with E-state index < -0.39 is 0 Å². The highest BCUT2D eigenvalue weighted by molar-refractivity contribution is 5.30. The molecule has 1 saturated heterocycles. The Hall–Kier alpha value is -1.67. The van der Waals surface area contributed by atoms with E-state index in [2.05, 4.69) is 29.6 Å². The van der Waals surface area contributed by atoms with Crippen LogP contribution in [-0.2, 0) is 6.42 Å². The van der Waals surface area contributed by atoms with Crippen molar-refractivity contribution in [2.75, 3.05) is 6.54 Å². The molecule has 0 aromatic heterocycles. The zero-order valence-corrected chi connectivity index (χ0v) is 11.8. The molecule has 0 amide bonds. The van der Waals surface area contributed by atoms with Crippen molar-refractivity contribution in [1.82, 2.24) is 5.32 Å². The van der Waals surface area contributed by atoms with Gasteiger partial charge in [0.2, 0.25) is 0 Å². The minimum Gasteiger partial charge on any atom is -0.313 e. The second-order valence-corrected chi connectivity index (χ2v) is 5.65. The number of nitrogens with one attached hydrogen (secondary N) is 1. The van der Waals surface area contributed by atoms with Crippen molar-refractivity contribution in [2.24, 2.45) is 0 Å². The minimum absolute atomic E-state index is 0.112. The second-order valence-electron chi connectivity index (χ2n) is 5.65. The molecule has 0 radical (unpaired) electrons. The molecule has 2 aromatic rings. The van der Waals surface area contributed by atoms with Crippen LogP contribution < -0.4 is 5.32 Å². The molecule has 1 nitrogen and oxygen atoms in total. The van der Waals surface area contributed by atoms with E-state index >= 15 is 0 Å². The number of hydrogen-bond acceptors (Lipinski definition) is 1. The third-order valence-electron chi connectivity index (χ3n) is 4.26. The molecule has 0 saturated carbocycles. The smallest absolute Gasteiger partial charge is 0.126 e. The summed E-state index contributed by atoms with van der Waals surface area (Å²) in [7, 11) is 0. The van der Waals surface area contributed by atoms with Gasteiger partial charge in [-0.25, -0.2) is 4.39 Å². The van der Waals surface area contributed by atoms with Crippen LogP contribution in [0.1, 0.15) is 29.0 Å². The zero-order valence-electron chi connectivity index (χ0n) is 11.8. The molecule has 104 valence electrons. The van der Waals surface area contributed by atoms with Gasteiger partial charge in [-0.15, -0.1) is 0 Å². The Morgan fingerprint density at radius 1 is 1.15 bits per heavy atom. The molecule has 1 aliphatic heterocycles. The van der Waals surface area contributed by atoms with E-state index in [1.54, 1.807) is 6.07 Å². The average molecular weight is 269 g/mol. The van der Waals surface area contributed by atoms with E-state index in [1.807, 2.05) is 25.1 Å². The predicted molar refractivity (Wildman–Crippen MR) is 80.4 cm³/mol. The summed E-state index contributed by atoms with van der Waals surface area (Å²) in [6.45, 7) is 2.88. The van der Waals surface area contributed by atoms with Crippen LogP contribution in [0.3, 0.4) is 0 Å². The van der Waals surface area contributed by atoms with Gasteiger partial charge < -0.3 is 5.32 Å². The van der Waals surface area contributed by atoms with Gasteiger partial charge in [-0.2, -0.15) is 0 Å². The predicted octanol–water partition coefficient (Wildman–Crippen LogP) is 3.82. The van der Waals surface area contributed by atoms with Gasteiger partial charge in [-0.1, -0.05) is 42.5 Å². The first kappa shape index (κ1) is 13.3. The van der Waals surface area contributed by atoms with Crippen LogP contribution in [0.4, 0.5) is 4.39 Å². The van der Waals surface area contributed by atoms with Crippen molar-refractivity contribution >= 4 is 0 Å². The Labute approximate surface area is 119 Å². The topological polar surface area (TPSA) is 12.0 Å². The molecular formula is C18H20FN. The van der Waals surface area contributed by atoms with Crippen LogP contribution in [0.15, 0.2) is 48.5 Å². The van der Waals surface area contributed by atoms with Gasteiger partial charge in [-0.3, -0.25) is 0 Å². The summed E-state index contributed by atoms with van der Waals surface area (Å²) in [4.78, 5) is 0. The molecular weight excluding hydrogens is 249 g/mol. The fraction of sp³-hybridized carbons (Fsp3) is 0.333. The molecule has 2 heteroatoms. The van der Waals surface area contributed by atoms with Gasteiger partial charge in [0.25, 0.3) is 0 Å². The van der Waals surface area contributed by atoms with Crippen molar-refractivity contribution in [2.45, 2.75) is 31.7 Å². The Balaban J connectivity index is 1.80. The Morgan fingerprint density at radius 2 is 1.95 bits per heavy atom. The first-order valence-corrected chi connectivity index (χ1v) is 7.27. The third-order valence-corrected chi connectivity index (χ3v) is 4.26. The van der Waals surface area contributed by atoms with Gasteiger partial charge in [0.15, 0.2) is 0 Å². The lowest BCUT2D eigenvalue weighted by Gasteiger charge is -2.20. The van der Waals surface area contributed by atoms with E-state index in [0.717, 1.165) is 24.9 Å². The second kappa shape index (κ2) is 5.76. The first-order valence-electron chi connectivity index (χ1n) is 7.27. The van der Waals surface area contributed by atoms with Gasteiger partial charge >= 0.3 is 0 Å². The summed E-state index contributed by atoms with van der Waals surface area (Å²) >= 11 is 0. The summed E-state index contributed by atoms with van der Waals surface area (Å²) < 4.78 is 13.4. The quantitative estimate of drug-likeness (QED) is 0.893. The fourth-order valence-electron chi connectivity index (χ4n) is 3.15. The number of benzene rings is 2. The molecule has 0 spiro atoms. The number of halogens is 1. The maximum absolute atomic E-state index is 13.4. The summed E-state index contributed by atoms with van der Waals surface area (Å²) in [6, 6.07) is 16.6. The van der Waals surface area contributed by atoms with Crippen LogP contribution in [0.5, 0.6) is 0 Å². The molecule has 3 rings (SSSR count). The van der Waals surface area contributed by atoms with Crippen molar-refractivity contribution in [1.29, 1.82) is 0 Å². The Morgan fingerprint density at radius 3 is 2.70 bits per heavy atom. The summed E-state index contributed by atoms with van der Waals surface area (Å²) in [6.07, 6.45) is 2.16. The van der Waals surface area contributed by atoms with Crippen LogP contribution in [0, 0.1) is 12.7 Å². The van der Waals surface area contributed by atoms with E-state index in [0.29, 0.717) is 12.0 Å². The van der Waals surface area contributed by atoms with Gasteiger partial charge in [0, 0.05) is 12.0 Å². The van der Waals surface area contributed by atoms with Gasteiger partial charge in [0.1, 0.15) is 5.82 Å². The lowest BCUT2D eigenvalue weighted by Crippen LogP contribution is -2.28. The van der Waals surface area contributed by atoms with E-state index in [4.69, 9.17) is 0 Å². The highest BCUT2D eigenvalue weighted by Crippen LogP contribution is 2.30. The van der Waals surface area contributed by atoms with Crippen molar-refractivity contribution in [3.05, 3.63) is 71.0 Å². The molecule has 20 heavy (non-hydrogen) atoms. The van der Waals surface area contributed by atoms with Crippen LogP contribution >= 0.6 is 0 Å². The number of hydrogen-bond donors (Lipinski definition) is 1. The van der Waals surface area contributed by atoms with Crippen LogP contribution in [-0.4, -0.2) is 12.6 Å². The van der Waals surface area contributed by atoms with E-state index in [-0.39, 0.29) is 5.82 Å². The van der Waals surface area contributed by atoms with Crippen molar-refractivity contribution in [3.8, 4) is 0 Å². The highest BCUT2D eigenvalue weighted by Gasteiger charge is 2.28. The lowest BCUT2D eigenvalue weighted by atomic mass is 9.88. The zero-order chi connectivity index (χ0) is 13.9. The first-order chi connectivity index (χ1) is 9.74. The monoisotopic (exact) mass is 269 g/mol. The molecule has 1 heterocycles. The molecule has 1 aliphatic rings. The van der Waals surface area contributed by atoms with Crippen LogP contribution in [0.25, 0.3) is 0 Å². The van der Waals surface area contributed by atoms with E-state index in [9.17, 15) is 4.39 Å². The molecule has 2 aromatic carbocycles. The molecule has 1 N–H and O–H groups in total. The fourth-order valence-corrected chi connectivity index (χ4v) is 3.15. The summed E-state index contributed by atoms with van der Waals surface area (Å²) in [5.41, 5.74) is 3.36. The van der Waals surface area contributed by atoms with Gasteiger partial charge in [0.05, 0.1) is 0 Å². The minimum atomic E-state index is -0.112. The molecule has 0 bridgehead atoms. The summed E-state index contributed by atoms with van der Waals surface area (Å²) in [5.74, 6) is 0.369. The molecule has 2 unspecified atom stereocenters. The largest absolute Gasteiger partial charge is 0.313 e. The maximum Gasteiger partial charge on any atom is 0.126 e. The third kappa shape index (κ3) is 2.75. The lowest BCUT2D eigenvalue weighted by molar-refractivity contribution is 0.542. The SMILES string of the molecule is Cc1cc(C2CCNC2Cc2ccccc2)ccc1F. The highest BCUT2D eigenvalue weighted by atomic mass is 19.1. The molecule has 2 atom stereocenters. The Kier molecular flexibility index (Phi) is 3.83. The number of aryl methyl sites for hydroxylation is 1.